The molecule has 0 radical (unpaired) electrons. The summed E-state index contributed by atoms with van der Waals surface area (Å²) in [6.07, 6.45) is 3.26. The van der Waals surface area contributed by atoms with Gasteiger partial charge in [0.25, 0.3) is 5.91 Å². The number of halogens is 1. The number of carbonyl (C=O) groups is 2. The van der Waals surface area contributed by atoms with Crippen LogP contribution in [0.1, 0.15) is 23.2 Å². The Morgan fingerprint density at radius 3 is 2.85 bits per heavy atom. The van der Waals surface area contributed by atoms with Crippen LogP contribution < -0.4 is 0 Å². The summed E-state index contributed by atoms with van der Waals surface area (Å²) in [5.41, 5.74) is 0.449. The maximum atomic E-state index is 12.5. The number of rotatable bonds is 3. The van der Waals surface area contributed by atoms with Crippen LogP contribution >= 0.6 is 23.4 Å². The van der Waals surface area contributed by atoms with E-state index in [2.05, 4.69) is 0 Å². The number of hydrogen-bond acceptors (Lipinski definition) is 3. The van der Waals surface area contributed by atoms with Crippen LogP contribution in [0.3, 0.4) is 0 Å². The molecule has 0 aliphatic carbocycles. The predicted octanol–water partition coefficient (Wildman–Crippen LogP) is 3.00. The third-order valence-corrected chi connectivity index (χ3v) is 4.52. The van der Waals surface area contributed by atoms with E-state index in [4.69, 9.17) is 16.7 Å². The number of carboxylic acids is 1. The minimum atomic E-state index is -0.841. The molecule has 1 N–H and O–H groups in total. The summed E-state index contributed by atoms with van der Waals surface area (Å²) in [4.78, 5) is 26.1. The highest BCUT2D eigenvalue weighted by Crippen LogP contribution is 2.26. The minimum absolute atomic E-state index is 0.183. The van der Waals surface area contributed by atoms with E-state index in [1.807, 2.05) is 12.3 Å². The molecule has 0 saturated carbocycles. The Kier molecular flexibility index (Phi) is 4.94. The van der Waals surface area contributed by atoms with E-state index < -0.39 is 11.9 Å². The van der Waals surface area contributed by atoms with Crippen molar-refractivity contribution in [1.29, 1.82) is 0 Å². The fourth-order valence-corrected chi connectivity index (χ4v) is 2.97. The van der Waals surface area contributed by atoms with Crippen molar-refractivity contribution in [2.45, 2.75) is 17.7 Å². The molecule has 6 heteroatoms. The van der Waals surface area contributed by atoms with Crippen LogP contribution in [-0.2, 0) is 4.79 Å². The van der Waals surface area contributed by atoms with Crippen LogP contribution in [0.2, 0.25) is 5.02 Å². The third-order valence-electron chi connectivity index (χ3n) is 3.46. The van der Waals surface area contributed by atoms with Gasteiger partial charge < -0.3 is 10.0 Å². The molecule has 1 fully saturated rings. The Morgan fingerprint density at radius 2 is 2.20 bits per heavy atom. The van der Waals surface area contributed by atoms with Crippen molar-refractivity contribution in [3.8, 4) is 0 Å². The number of aliphatic carboxylic acids is 1. The molecule has 0 aromatic heterocycles. The molecule has 1 amide bonds. The van der Waals surface area contributed by atoms with Crippen LogP contribution in [0.15, 0.2) is 23.1 Å². The molecule has 4 nitrogen and oxygen atoms in total. The maximum absolute atomic E-state index is 12.5. The first-order valence-corrected chi connectivity index (χ1v) is 7.99. The zero-order valence-electron chi connectivity index (χ0n) is 11.1. The monoisotopic (exact) mass is 313 g/mol. The number of likely N-dealkylation sites (tertiary alicyclic amines) is 1. The third kappa shape index (κ3) is 3.27. The van der Waals surface area contributed by atoms with Crippen molar-refractivity contribution in [3.05, 3.63) is 28.8 Å². The van der Waals surface area contributed by atoms with E-state index in [1.165, 1.54) is 11.8 Å². The van der Waals surface area contributed by atoms with E-state index in [-0.39, 0.29) is 12.5 Å². The second-order valence-electron chi connectivity index (χ2n) is 4.77. The van der Waals surface area contributed by atoms with Gasteiger partial charge in [-0.3, -0.25) is 9.59 Å². The molecule has 1 atom stereocenters. The second-order valence-corrected chi connectivity index (χ2v) is 6.06. The van der Waals surface area contributed by atoms with Gasteiger partial charge in [-0.1, -0.05) is 11.6 Å². The molecule has 1 heterocycles. The van der Waals surface area contributed by atoms with Crippen molar-refractivity contribution in [1.82, 2.24) is 4.90 Å². The molecule has 1 aromatic rings. The van der Waals surface area contributed by atoms with E-state index in [9.17, 15) is 9.59 Å². The summed E-state index contributed by atoms with van der Waals surface area (Å²) >= 11 is 7.63. The quantitative estimate of drug-likeness (QED) is 0.872. The lowest BCUT2D eigenvalue weighted by molar-refractivity contribution is -0.143. The lowest BCUT2D eigenvalue weighted by atomic mass is 9.97. The molecule has 1 aliphatic rings. The number of carbonyl (C=O) groups excluding carboxylic acids is 1. The molecule has 1 aromatic carbocycles. The molecular weight excluding hydrogens is 298 g/mol. The average molecular weight is 314 g/mol. The number of piperidine rings is 1. The first-order valence-electron chi connectivity index (χ1n) is 6.38. The van der Waals surface area contributed by atoms with Gasteiger partial charge in [-0.05, 0) is 37.3 Å². The van der Waals surface area contributed by atoms with Gasteiger partial charge in [-0.15, -0.1) is 11.8 Å². The van der Waals surface area contributed by atoms with Gasteiger partial charge in [0, 0.05) is 18.0 Å². The lowest BCUT2D eigenvalue weighted by Crippen LogP contribution is -2.42. The van der Waals surface area contributed by atoms with Crippen LogP contribution in [0, 0.1) is 5.92 Å². The van der Waals surface area contributed by atoms with Crippen molar-refractivity contribution >= 4 is 35.2 Å². The smallest absolute Gasteiger partial charge is 0.308 e. The van der Waals surface area contributed by atoms with Crippen molar-refractivity contribution in [2.24, 2.45) is 5.92 Å². The van der Waals surface area contributed by atoms with Gasteiger partial charge in [0.15, 0.2) is 0 Å². The Balaban J connectivity index is 2.20. The first kappa shape index (κ1) is 15.2. The van der Waals surface area contributed by atoms with Gasteiger partial charge >= 0.3 is 5.97 Å². The number of hydrogen-bond donors (Lipinski definition) is 1. The van der Waals surface area contributed by atoms with E-state index in [1.54, 1.807) is 17.0 Å². The standard InChI is InChI=1S/C14H16ClNO3S/c1-20-10-4-5-12(15)11(7-10)13(17)16-6-2-3-9(8-16)14(18)19/h4-5,7,9H,2-3,6,8H2,1H3,(H,18,19)/t9-/m0/s1. The van der Waals surface area contributed by atoms with Gasteiger partial charge in [0.2, 0.25) is 0 Å². The van der Waals surface area contributed by atoms with E-state index in [0.717, 1.165) is 4.90 Å². The molecule has 2 rings (SSSR count). The Morgan fingerprint density at radius 1 is 1.45 bits per heavy atom. The van der Waals surface area contributed by atoms with Crippen molar-refractivity contribution in [2.75, 3.05) is 19.3 Å². The Hall–Kier alpha value is -1.20. The molecule has 0 bridgehead atoms. The average Bonchev–Trinajstić information content (AvgIpc) is 2.47. The van der Waals surface area contributed by atoms with Gasteiger partial charge in [0.1, 0.15) is 0 Å². The number of carboxylic acid groups (broad SMARTS) is 1. The van der Waals surface area contributed by atoms with Crippen LogP contribution in [-0.4, -0.2) is 41.2 Å². The fraction of sp³-hybridized carbons (Fsp3) is 0.429. The summed E-state index contributed by atoms with van der Waals surface area (Å²) in [5, 5.41) is 9.49. The number of thioether (sulfide) groups is 1. The summed E-state index contributed by atoms with van der Waals surface area (Å²) in [5.74, 6) is -1.50. The highest BCUT2D eigenvalue weighted by atomic mass is 35.5. The number of benzene rings is 1. The van der Waals surface area contributed by atoms with Gasteiger partial charge in [-0.25, -0.2) is 0 Å². The zero-order chi connectivity index (χ0) is 14.7. The highest BCUT2D eigenvalue weighted by Gasteiger charge is 2.29. The zero-order valence-corrected chi connectivity index (χ0v) is 12.7. The van der Waals surface area contributed by atoms with Crippen LogP contribution in [0.4, 0.5) is 0 Å². The molecule has 0 unspecified atom stereocenters. The van der Waals surface area contributed by atoms with Gasteiger partial charge in [0.05, 0.1) is 16.5 Å². The summed E-state index contributed by atoms with van der Waals surface area (Å²) in [6.45, 7) is 0.844. The predicted molar refractivity (Wildman–Crippen MR) is 79.5 cm³/mol. The van der Waals surface area contributed by atoms with Gasteiger partial charge in [-0.2, -0.15) is 0 Å². The summed E-state index contributed by atoms with van der Waals surface area (Å²) in [6, 6.07) is 5.33. The highest BCUT2D eigenvalue weighted by molar-refractivity contribution is 7.98. The molecule has 108 valence electrons. The second kappa shape index (κ2) is 6.50. The summed E-state index contributed by atoms with van der Waals surface area (Å²) < 4.78 is 0. The normalized spacial score (nSPS) is 18.9. The molecular formula is C14H16ClNO3S. The van der Waals surface area contributed by atoms with E-state index in [0.29, 0.717) is 30.0 Å². The number of amides is 1. The topological polar surface area (TPSA) is 57.6 Å². The molecule has 1 saturated heterocycles. The fourth-order valence-electron chi connectivity index (χ4n) is 2.33. The minimum Gasteiger partial charge on any atom is -0.481 e. The first-order chi connectivity index (χ1) is 9.52. The molecule has 1 aliphatic heterocycles. The largest absolute Gasteiger partial charge is 0.481 e. The number of nitrogens with zero attached hydrogens (tertiary/aromatic N) is 1. The van der Waals surface area contributed by atoms with Crippen LogP contribution in [0.5, 0.6) is 0 Å². The van der Waals surface area contributed by atoms with Crippen molar-refractivity contribution < 1.29 is 14.7 Å². The maximum Gasteiger partial charge on any atom is 0.308 e. The molecule has 0 spiro atoms. The SMILES string of the molecule is CSc1ccc(Cl)c(C(=O)N2CCC[C@H](C(=O)O)C2)c1. The van der Waals surface area contributed by atoms with Crippen molar-refractivity contribution in [3.63, 3.8) is 0 Å². The molecule has 20 heavy (non-hydrogen) atoms. The van der Waals surface area contributed by atoms with E-state index >= 15 is 0 Å². The Bertz CT molecular complexity index is 535. The summed E-state index contributed by atoms with van der Waals surface area (Å²) in [7, 11) is 0. The lowest BCUT2D eigenvalue weighted by Gasteiger charge is -2.31. The Labute approximate surface area is 127 Å². The van der Waals surface area contributed by atoms with Crippen LogP contribution in [0.25, 0.3) is 0 Å².